The quantitative estimate of drug-likeness (QED) is 0.761. The van der Waals surface area contributed by atoms with Crippen molar-refractivity contribution in [3.63, 3.8) is 0 Å². The largest absolute Gasteiger partial charge is 0.338 e. The van der Waals surface area contributed by atoms with Crippen LogP contribution in [0.1, 0.15) is 12.0 Å². The molecule has 1 aromatic carbocycles. The van der Waals surface area contributed by atoms with E-state index in [2.05, 4.69) is 10.6 Å². The fraction of sp³-hybridized carbons (Fsp3) is 0.462. The summed E-state index contributed by atoms with van der Waals surface area (Å²) in [4.78, 5) is 11.7. The zero-order valence-electron chi connectivity index (χ0n) is 11.1. The molecule has 0 saturated carbocycles. The summed E-state index contributed by atoms with van der Waals surface area (Å²) in [6, 6.07) is 6.95. The minimum Gasteiger partial charge on any atom is -0.338 e. The minimum absolute atomic E-state index is 0.0149. The van der Waals surface area contributed by atoms with Crippen LogP contribution in [0.15, 0.2) is 24.3 Å². The third-order valence-electron chi connectivity index (χ3n) is 3.30. The molecule has 0 bridgehead atoms. The molecule has 4 N–H and O–H groups in total. The van der Waals surface area contributed by atoms with Gasteiger partial charge in [0.15, 0.2) is 9.84 Å². The summed E-state index contributed by atoms with van der Waals surface area (Å²) in [6.45, 7) is 0.790. The third kappa shape index (κ3) is 4.21. The summed E-state index contributed by atoms with van der Waals surface area (Å²) in [5, 5.41) is 5.41. The van der Waals surface area contributed by atoms with Gasteiger partial charge in [-0.2, -0.15) is 0 Å². The lowest BCUT2D eigenvalue weighted by atomic mass is 10.1. The first-order valence-electron chi connectivity index (χ1n) is 6.53. The number of carbonyl (C=O) groups is 1. The van der Waals surface area contributed by atoms with Crippen LogP contribution >= 0.6 is 0 Å². The second-order valence-electron chi connectivity index (χ2n) is 5.01. The SMILES string of the molecule is NCc1cccc(NC(=O)NCC2CCS(=O)(=O)C2)c1. The lowest BCUT2D eigenvalue weighted by molar-refractivity contribution is 0.250. The molecule has 1 saturated heterocycles. The van der Waals surface area contributed by atoms with Crippen molar-refractivity contribution in [3.8, 4) is 0 Å². The van der Waals surface area contributed by atoms with Crippen molar-refractivity contribution < 1.29 is 13.2 Å². The van der Waals surface area contributed by atoms with Crippen molar-refractivity contribution in [2.45, 2.75) is 13.0 Å². The van der Waals surface area contributed by atoms with E-state index in [0.717, 1.165) is 5.56 Å². The number of amides is 2. The highest BCUT2D eigenvalue weighted by Gasteiger charge is 2.27. The lowest BCUT2D eigenvalue weighted by Gasteiger charge is -2.11. The van der Waals surface area contributed by atoms with E-state index in [1.807, 2.05) is 12.1 Å². The van der Waals surface area contributed by atoms with Crippen LogP contribution in [-0.2, 0) is 16.4 Å². The number of benzene rings is 1. The Kier molecular flexibility index (Phi) is 4.61. The van der Waals surface area contributed by atoms with Crippen LogP contribution in [0.3, 0.4) is 0 Å². The van der Waals surface area contributed by atoms with Crippen molar-refractivity contribution in [1.82, 2.24) is 5.32 Å². The topological polar surface area (TPSA) is 101 Å². The first kappa shape index (κ1) is 14.8. The Morgan fingerprint density at radius 2 is 2.20 bits per heavy atom. The van der Waals surface area contributed by atoms with Gasteiger partial charge in [-0.3, -0.25) is 0 Å². The maximum absolute atomic E-state index is 11.7. The van der Waals surface area contributed by atoms with Crippen molar-refractivity contribution in [3.05, 3.63) is 29.8 Å². The van der Waals surface area contributed by atoms with Crippen molar-refractivity contribution in [1.29, 1.82) is 0 Å². The van der Waals surface area contributed by atoms with E-state index in [9.17, 15) is 13.2 Å². The first-order chi connectivity index (χ1) is 9.48. The highest BCUT2D eigenvalue weighted by molar-refractivity contribution is 7.91. The van der Waals surface area contributed by atoms with E-state index in [0.29, 0.717) is 25.2 Å². The Balaban J connectivity index is 1.81. The molecule has 1 heterocycles. The van der Waals surface area contributed by atoms with Crippen LogP contribution in [-0.4, -0.2) is 32.5 Å². The zero-order chi connectivity index (χ0) is 14.6. The van der Waals surface area contributed by atoms with Gasteiger partial charge in [0.2, 0.25) is 0 Å². The highest BCUT2D eigenvalue weighted by Crippen LogP contribution is 2.17. The summed E-state index contributed by atoms with van der Waals surface area (Å²) in [5.41, 5.74) is 7.14. The number of urea groups is 1. The molecule has 2 rings (SSSR count). The summed E-state index contributed by atoms with van der Waals surface area (Å²) >= 11 is 0. The van der Waals surface area contributed by atoms with E-state index in [-0.39, 0.29) is 23.5 Å². The minimum atomic E-state index is -2.90. The van der Waals surface area contributed by atoms with Gasteiger partial charge >= 0.3 is 6.03 Å². The number of carbonyl (C=O) groups excluding carboxylic acids is 1. The average molecular weight is 297 g/mol. The Morgan fingerprint density at radius 1 is 1.40 bits per heavy atom. The zero-order valence-corrected chi connectivity index (χ0v) is 11.9. The second kappa shape index (κ2) is 6.23. The van der Waals surface area contributed by atoms with Gasteiger partial charge in [0.05, 0.1) is 11.5 Å². The Morgan fingerprint density at radius 3 is 2.85 bits per heavy atom. The fourth-order valence-electron chi connectivity index (χ4n) is 2.22. The summed E-state index contributed by atoms with van der Waals surface area (Å²) < 4.78 is 22.6. The maximum Gasteiger partial charge on any atom is 0.319 e. The number of hydrogen-bond acceptors (Lipinski definition) is 4. The molecule has 1 aliphatic rings. The highest BCUT2D eigenvalue weighted by atomic mass is 32.2. The molecule has 7 heteroatoms. The lowest BCUT2D eigenvalue weighted by Crippen LogP contribution is -2.33. The van der Waals surface area contributed by atoms with E-state index >= 15 is 0 Å². The molecule has 0 spiro atoms. The van der Waals surface area contributed by atoms with Gasteiger partial charge in [-0.25, -0.2) is 13.2 Å². The predicted octanol–water partition coefficient (Wildman–Crippen LogP) is 0.702. The monoisotopic (exact) mass is 297 g/mol. The van der Waals surface area contributed by atoms with E-state index in [1.165, 1.54) is 0 Å². The van der Waals surface area contributed by atoms with Crippen LogP contribution in [0.2, 0.25) is 0 Å². The normalized spacial score (nSPS) is 20.6. The molecule has 2 amide bonds. The molecule has 1 atom stereocenters. The van der Waals surface area contributed by atoms with Gasteiger partial charge in [-0.1, -0.05) is 12.1 Å². The molecule has 1 aromatic rings. The Hall–Kier alpha value is -1.60. The van der Waals surface area contributed by atoms with E-state index in [1.54, 1.807) is 12.1 Å². The van der Waals surface area contributed by atoms with E-state index < -0.39 is 9.84 Å². The maximum atomic E-state index is 11.7. The predicted molar refractivity (Wildman–Crippen MR) is 78.1 cm³/mol. The molecule has 0 aromatic heterocycles. The van der Waals surface area contributed by atoms with Gasteiger partial charge in [0.25, 0.3) is 0 Å². The first-order valence-corrected chi connectivity index (χ1v) is 8.35. The van der Waals surface area contributed by atoms with Gasteiger partial charge in [0, 0.05) is 18.8 Å². The van der Waals surface area contributed by atoms with E-state index in [4.69, 9.17) is 5.73 Å². The van der Waals surface area contributed by atoms with Crippen LogP contribution in [0.25, 0.3) is 0 Å². The van der Waals surface area contributed by atoms with Gasteiger partial charge in [-0.15, -0.1) is 0 Å². The number of sulfone groups is 1. The van der Waals surface area contributed by atoms with Gasteiger partial charge in [0.1, 0.15) is 0 Å². The van der Waals surface area contributed by atoms with Crippen LogP contribution < -0.4 is 16.4 Å². The van der Waals surface area contributed by atoms with Crippen molar-refractivity contribution >= 4 is 21.6 Å². The molecule has 20 heavy (non-hydrogen) atoms. The average Bonchev–Trinajstić information content (AvgIpc) is 2.76. The third-order valence-corrected chi connectivity index (χ3v) is 5.14. The standard InChI is InChI=1S/C13H19N3O3S/c14-7-10-2-1-3-12(6-10)16-13(17)15-8-11-4-5-20(18,19)9-11/h1-3,6,11H,4-5,7-9,14H2,(H2,15,16,17). The summed E-state index contributed by atoms with van der Waals surface area (Å²) in [5.74, 6) is 0.399. The molecule has 0 radical (unpaired) electrons. The second-order valence-corrected chi connectivity index (χ2v) is 7.24. The van der Waals surface area contributed by atoms with Crippen LogP contribution in [0.4, 0.5) is 10.5 Å². The van der Waals surface area contributed by atoms with Crippen LogP contribution in [0, 0.1) is 5.92 Å². The molecule has 0 aliphatic carbocycles. The van der Waals surface area contributed by atoms with Crippen molar-refractivity contribution in [2.24, 2.45) is 11.7 Å². The number of rotatable bonds is 4. The van der Waals surface area contributed by atoms with Crippen LogP contribution in [0.5, 0.6) is 0 Å². The van der Waals surface area contributed by atoms with Gasteiger partial charge < -0.3 is 16.4 Å². The molecule has 6 nitrogen and oxygen atoms in total. The molecular formula is C13H19N3O3S. The number of nitrogens with one attached hydrogen (secondary N) is 2. The molecule has 1 unspecified atom stereocenters. The van der Waals surface area contributed by atoms with Crippen molar-refractivity contribution in [2.75, 3.05) is 23.4 Å². The number of nitrogens with two attached hydrogens (primary N) is 1. The fourth-order valence-corrected chi connectivity index (χ4v) is 4.08. The molecular weight excluding hydrogens is 278 g/mol. The molecule has 110 valence electrons. The molecule has 1 fully saturated rings. The Labute approximate surface area is 118 Å². The molecule has 1 aliphatic heterocycles. The summed E-state index contributed by atoms with van der Waals surface area (Å²) in [6.07, 6.45) is 0.616. The summed E-state index contributed by atoms with van der Waals surface area (Å²) in [7, 11) is -2.90. The smallest absolute Gasteiger partial charge is 0.319 e. The number of anilines is 1. The Bertz CT molecular complexity index is 586. The number of hydrogen-bond donors (Lipinski definition) is 3. The van der Waals surface area contributed by atoms with Gasteiger partial charge in [-0.05, 0) is 30.0 Å².